The van der Waals surface area contributed by atoms with E-state index in [4.69, 9.17) is 0 Å². The summed E-state index contributed by atoms with van der Waals surface area (Å²) in [7, 11) is -1.60. The zero-order chi connectivity index (χ0) is 10.2. The van der Waals surface area contributed by atoms with Crippen LogP contribution in [0.25, 0.3) is 0 Å². The summed E-state index contributed by atoms with van der Waals surface area (Å²) in [5, 5.41) is 10.5. The van der Waals surface area contributed by atoms with Crippen LogP contribution >= 0.6 is 15.9 Å². The Bertz CT molecular complexity index is 344. The first-order valence-corrected chi connectivity index (χ1v) is 7.96. The fraction of sp³-hybridized carbons (Fsp3) is 0.500. The van der Waals surface area contributed by atoms with Crippen LogP contribution in [0.1, 0.15) is 0 Å². The molecule has 0 aliphatic rings. The van der Waals surface area contributed by atoms with Gasteiger partial charge in [0.05, 0.1) is 0 Å². The maximum absolute atomic E-state index is 10.5. The average Bonchev–Trinajstić information content (AvgIpc) is 2.28. The first kappa shape index (κ1) is 10.4. The van der Waals surface area contributed by atoms with E-state index >= 15 is 0 Å². The lowest BCUT2D eigenvalue weighted by Gasteiger charge is -2.16. The second-order valence-electron chi connectivity index (χ2n) is 3.66. The molecular formula is C6H10BrN3O2Si. The van der Waals surface area contributed by atoms with Crippen LogP contribution in [0.2, 0.25) is 19.6 Å². The van der Waals surface area contributed by atoms with Crippen molar-refractivity contribution in [2.45, 2.75) is 19.6 Å². The van der Waals surface area contributed by atoms with Gasteiger partial charge in [-0.05, 0) is 25.8 Å². The molecule has 1 aromatic rings. The van der Waals surface area contributed by atoms with Crippen molar-refractivity contribution in [3.05, 3.63) is 21.0 Å². The number of aromatic nitrogens is 2. The highest BCUT2D eigenvalue weighted by Gasteiger charge is 2.27. The zero-order valence-electron chi connectivity index (χ0n) is 7.61. The van der Waals surface area contributed by atoms with Crippen molar-refractivity contribution in [3.63, 3.8) is 0 Å². The second-order valence-corrected chi connectivity index (χ2v) is 9.23. The van der Waals surface area contributed by atoms with Crippen molar-refractivity contribution in [1.82, 2.24) is 9.22 Å². The summed E-state index contributed by atoms with van der Waals surface area (Å²) in [5.41, 5.74) is 0. The molecule has 0 radical (unpaired) electrons. The molecule has 72 valence electrons. The topological polar surface area (TPSA) is 61.0 Å². The van der Waals surface area contributed by atoms with Gasteiger partial charge in [-0.25, -0.2) is 0 Å². The molecule has 1 heterocycles. The average molecular weight is 264 g/mol. The minimum absolute atomic E-state index is 0.109. The minimum atomic E-state index is -1.60. The van der Waals surface area contributed by atoms with Crippen LogP contribution in [-0.2, 0) is 0 Å². The minimum Gasteiger partial charge on any atom is -0.358 e. The number of rotatable bonds is 2. The summed E-state index contributed by atoms with van der Waals surface area (Å²) in [6.07, 6.45) is 1.52. The lowest BCUT2D eigenvalue weighted by Crippen LogP contribution is -2.31. The van der Waals surface area contributed by atoms with E-state index < -0.39 is 13.2 Å². The lowest BCUT2D eigenvalue weighted by atomic mass is 10.8. The SMILES string of the molecule is C[Si](C)(C)n1cnc([N+](=O)[O-])c1Br. The Labute approximate surface area is 85.1 Å². The molecular weight excluding hydrogens is 254 g/mol. The van der Waals surface area contributed by atoms with Crippen LogP contribution in [0.5, 0.6) is 0 Å². The number of imidazole rings is 1. The molecule has 5 nitrogen and oxygen atoms in total. The Balaban J connectivity index is 3.22. The molecule has 0 amide bonds. The van der Waals surface area contributed by atoms with E-state index in [1.54, 1.807) is 0 Å². The predicted octanol–water partition coefficient (Wildman–Crippen LogP) is 2.24. The highest BCUT2D eigenvalue weighted by Crippen LogP contribution is 2.25. The molecule has 0 aliphatic heterocycles. The van der Waals surface area contributed by atoms with E-state index in [9.17, 15) is 10.1 Å². The molecule has 0 saturated heterocycles. The van der Waals surface area contributed by atoms with Gasteiger partial charge in [-0.1, -0.05) is 19.6 Å². The van der Waals surface area contributed by atoms with E-state index in [2.05, 4.69) is 40.6 Å². The fourth-order valence-corrected chi connectivity index (χ4v) is 3.94. The summed E-state index contributed by atoms with van der Waals surface area (Å²) in [6.45, 7) is 6.26. The Morgan fingerprint density at radius 3 is 2.38 bits per heavy atom. The largest absolute Gasteiger partial charge is 0.395 e. The molecule has 1 aromatic heterocycles. The highest BCUT2D eigenvalue weighted by molar-refractivity contribution is 9.10. The Kier molecular flexibility index (Phi) is 2.57. The molecule has 0 aliphatic carbocycles. The Morgan fingerprint density at radius 2 is 2.15 bits per heavy atom. The van der Waals surface area contributed by atoms with Crippen LogP contribution in [0.4, 0.5) is 5.82 Å². The number of nitro groups is 1. The van der Waals surface area contributed by atoms with Gasteiger partial charge < -0.3 is 14.3 Å². The van der Waals surface area contributed by atoms with Crippen LogP contribution in [0, 0.1) is 10.1 Å². The third-order valence-electron chi connectivity index (χ3n) is 1.59. The molecule has 0 atom stereocenters. The number of nitrogens with zero attached hydrogens (tertiary/aromatic N) is 3. The number of hydrogen-bond acceptors (Lipinski definition) is 3. The van der Waals surface area contributed by atoms with Crippen LogP contribution in [-0.4, -0.2) is 22.4 Å². The van der Waals surface area contributed by atoms with Gasteiger partial charge >= 0.3 is 5.82 Å². The monoisotopic (exact) mass is 263 g/mol. The third-order valence-corrected chi connectivity index (χ3v) is 4.44. The molecule has 0 bridgehead atoms. The fourth-order valence-electron chi connectivity index (χ4n) is 0.914. The predicted molar refractivity (Wildman–Crippen MR) is 55.3 cm³/mol. The van der Waals surface area contributed by atoms with Crippen molar-refractivity contribution in [3.8, 4) is 0 Å². The van der Waals surface area contributed by atoms with Crippen LogP contribution in [0.3, 0.4) is 0 Å². The molecule has 7 heteroatoms. The standard InChI is InChI=1S/C6H10BrN3O2Si/c1-13(2,3)9-4-8-6(5(9)7)10(11)12/h4H,1-3H3. The first-order valence-electron chi connectivity index (χ1n) is 3.71. The van der Waals surface area contributed by atoms with E-state index in [1.807, 2.05) is 4.23 Å². The van der Waals surface area contributed by atoms with E-state index in [1.165, 1.54) is 6.33 Å². The summed E-state index contributed by atoms with van der Waals surface area (Å²) in [4.78, 5) is 13.7. The third kappa shape index (κ3) is 1.97. The van der Waals surface area contributed by atoms with Gasteiger partial charge in [-0.3, -0.25) is 0 Å². The normalized spacial score (nSPS) is 11.7. The van der Waals surface area contributed by atoms with E-state index in [0.29, 0.717) is 4.60 Å². The van der Waals surface area contributed by atoms with Gasteiger partial charge in [0.1, 0.15) is 0 Å². The van der Waals surface area contributed by atoms with Crippen molar-refractivity contribution in [2.24, 2.45) is 0 Å². The summed E-state index contributed by atoms with van der Waals surface area (Å²) < 4.78 is 2.32. The Hall–Kier alpha value is -0.693. The van der Waals surface area contributed by atoms with Crippen molar-refractivity contribution in [2.75, 3.05) is 0 Å². The number of hydrogen-bond donors (Lipinski definition) is 0. The van der Waals surface area contributed by atoms with Gasteiger partial charge in [-0.2, -0.15) is 0 Å². The molecule has 0 unspecified atom stereocenters. The van der Waals surface area contributed by atoms with E-state index in [-0.39, 0.29) is 5.82 Å². The van der Waals surface area contributed by atoms with Gasteiger partial charge in [-0.15, -0.1) is 0 Å². The molecule has 0 N–H and O–H groups in total. The van der Waals surface area contributed by atoms with Gasteiger partial charge in [0.15, 0.2) is 12.8 Å². The summed E-state index contributed by atoms with van der Waals surface area (Å²) >= 11 is 3.18. The molecule has 13 heavy (non-hydrogen) atoms. The maximum Gasteiger partial charge on any atom is 0.395 e. The van der Waals surface area contributed by atoms with Gasteiger partial charge in [0.25, 0.3) is 0 Å². The second kappa shape index (κ2) is 3.22. The first-order chi connectivity index (χ1) is 5.84. The summed E-state index contributed by atoms with van der Waals surface area (Å²) in [5.74, 6) is -0.109. The zero-order valence-corrected chi connectivity index (χ0v) is 10.2. The van der Waals surface area contributed by atoms with Gasteiger partial charge in [0, 0.05) is 0 Å². The molecule has 0 fully saturated rings. The highest BCUT2D eigenvalue weighted by atomic mass is 79.9. The molecule has 1 rings (SSSR count). The molecule has 0 aromatic carbocycles. The molecule has 0 spiro atoms. The quantitative estimate of drug-likeness (QED) is 0.467. The molecule has 0 saturated carbocycles. The smallest absolute Gasteiger partial charge is 0.358 e. The van der Waals surface area contributed by atoms with Gasteiger partial charge in [0.2, 0.25) is 6.33 Å². The van der Waals surface area contributed by atoms with Crippen LogP contribution in [0.15, 0.2) is 10.9 Å². The number of halogens is 1. The summed E-state index contributed by atoms with van der Waals surface area (Å²) in [6, 6.07) is 0. The van der Waals surface area contributed by atoms with Crippen molar-refractivity contribution in [1.29, 1.82) is 0 Å². The van der Waals surface area contributed by atoms with Crippen molar-refractivity contribution < 1.29 is 4.92 Å². The lowest BCUT2D eigenvalue weighted by molar-refractivity contribution is -0.390. The van der Waals surface area contributed by atoms with Crippen LogP contribution < -0.4 is 0 Å². The van der Waals surface area contributed by atoms with E-state index in [0.717, 1.165) is 0 Å². The Morgan fingerprint density at radius 1 is 1.62 bits per heavy atom. The maximum atomic E-state index is 10.5. The van der Waals surface area contributed by atoms with Crippen molar-refractivity contribution >= 4 is 30.0 Å².